The molecule has 4 nitrogen and oxygen atoms in total. The monoisotopic (exact) mass is 218 g/mol. The first-order chi connectivity index (χ1) is 7.85. The first-order valence-electron chi connectivity index (χ1n) is 5.58. The number of hydrazine groups is 1. The standard InChI is InChI=1S/C12H18N4/c1-14-12(15-13)16-8-7-11(9-16)10-5-3-2-4-6-10/h2-6,11H,7-9,13H2,1H3,(H,14,15). The Morgan fingerprint density at radius 3 is 2.81 bits per heavy atom. The minimum Gasteiger partial charge on any atom is -0.341 e. The lowest BCUT2D eigenvalue weighted by atomic mass is 9.99. The average molecular weight is 218 g/mol. The second-order valence-corrected chi connectivity index (χ2v) is 4.03. The third-order valence-electron chi connectivity index (χ3n) is 3.10. The van der Waals surface area contributed by atoms with Crippen molar-refractivity contribution in [1.29, 1.82) is 0 Å². The lowest BCUT2D eigenvalue weighted by molar-refractivity contribution is 0.488. The molecule has 1 fully saturated rings. The molecule has 1 aromatic rings. The summed E-state index contributed by atoms with van der Waals surface area (Å²) in [6, 6.07) is 10.6. The van der Waals surface area contributed by atoms with Gasteiger partial charge in [-0.1, -0.05) is 30.3 Å². The number of benzene rings is 1. The molecular formula is C12H18N4. The smallest absolute Gasteiger partial charge is 0.208 e. The number of nitrogens with two attached hydrogens (primary N) is 1. The molecule has 3 N–H and O–H groups in total. The van der Waals surface area contributed by atoms with Crippen LogP contribution in [0.3, 0.4) is 0 Å². The van der Waals surface area contributed by atoms with Crippen LogP contribution in [0.2, 0.25) is 0 Å². The Morgan fingerprint density at radius 1 is 1.44 bits per heavy atom. The molecule has 1 unspecified atom stereocenters. The average Bonchev–Trinajstić information content (AvgIpc) is 2.81. The molecule has 1 aliphatic rings. The highest BCUT2D eigenvalue weighted by Gasteiger charge is 2.25. The van der Waals surface area contributed by atoms with Gasteiger partial charge >= 0.3 is 0 Å². The van der Waals surface area contributed by atoms with Gasteiger partial charge in [-0.2, -0.15) is 0 Å². The second-order valence-electron chi connectivity index (χ2n) is 4.03. The topological polar surface area (TPSA) is 53.6 Å². The molecule has 1 heterocycles. The number of aliphatic imine (C=N–C) groups is 1. The predicted octanol–water partition coefficient (Wildman–Crippen LogP) is 0.925. The van der Waals surface area contributed by atoms with Crippen molar-refractivity contribution in [3.63, 3.8) is 0 Å². The molecule has 0 aromatic heterocycles. The minimum absolute atomic E-state index is 0.589. The van der Waals surface area contributed by atoms with Crippen LogP contribution in [-0.2, 0) is 0 Å². The van der Waals surface area contributed by atoms with Gasteiger partial charge in [0.2, 0.25) is 5.96 Å². The highest BCUT2D eigenvalue weighted by molar-refractivity contribution is 5.79. The third-order valence-corrected chi connectivity index (χ3v) is 3.10. The van der Waals surface area contributed by atoms with E-state index in [0.717, 1.165) is 25.5 Å². The Balaban J connectivity index is 2.04. The maximum atomic E-state index is 5.42. The van der Waals surface area contributed by atoms with Crippen molar-refractivity contribution >= 4 is 5.96 Å². The Morgan fingerprint density at radius 2 is 2.19 bits per heavy atom. The first kappa shape index (κ1) is 11.0. The van der Waals surface area contributed by atoms with Crippen LogP contribution in [-0.4, -0.2) is 31.0 Å². The molecule has 16 heavy (non-hydrogen) atoms. The van der Waals surface area contributed by atoms with Crippen LogP contribution in [0.25, 0.3) is 0 Å². The number of hydrogen-bond donors (Lipinski definition) is 2. The summed E-state index contributed by atoms with van der Waals surface area (Å²) < 4.78 is 0. The Hall–Kier alpha value is -1.55. The van der Waals surface area contributed by atoms with E-state index in [4.69, 9.17) is 5.84 Å². The molecule has 0 bridgehead atoms. The van der Waals surface area contributed by atoms with E-state index < -0.39 is 0 Å². The molecule has 0 saturated carbocycles. The Kier molecular flexibility index (Phi) is 3.41. The van der Waals surface area contributed by atoms with Gasteiger partial charge in [0.05, 0.1) is 0 Å². The molecule has 1 atom stereocenters. The van der Waals surface area contributed by atoms with Gasteiger partial charge in [0.25, 0.3) is 0 Å². The lowest BCUT2D eigenvalue weighted by Gasteiger charge is -2.19. The summed E-state index contributed by atoms with van der Waals surface area (Å²) in [6.07, 6.45) is 1.16. The van der Waals surface area contributed by atoms with Crippen LogP contribution in [0.1, 0.15) is 17.9 Å². The zero-order valence-electron chi connectivity index (χ0n) is 9.56. The van der Waals surface area contributed by atoms with Gasteiger partial charge in [0, 0.05) is 26.1 Å². The first-order valence-corrected chi connectivity index (χ1v) is 5.58. The molecule has 2 rings (SSSR count). The fourth-order valence-corrected chi connectivity index (χ4v) is 2.25. The van der Waals surface area contributed by atoms with E-state index in [9.17, 15) is 0 Å². The Labute approximate surface area is 96.1 Å². The number of likely N-dealkylation sites (tertiary alicyclic amines) is 1. The fraction of sp³-hybridized carbons (Fsp3) is 0.417. The van der Waals surface area contributed by atoms with Crippen LogP contribution in [0.5, 0.6) is 0 Å². The van der Waals surface area contributed by atoms with E-state index in [1.54, 1.807) is 7.05 Å². The van der Waals surface area contributed by atoms with Crippen LogP contribution in [0.15, 0.2) is 35.3 Å². The molecule has 0 radical (unpaired) electrons. The van der Waals surface area contributed by atoms with E-state index in [-0.39, 0.29) is 0 Å². The molecule has 0 aliphatic carbocycles. The van der Waals surface area contributed by atoms with Crippen molar-refractivity contribution in [2.45, 2.75) is 12.3 Å². The van der Waals surface area contributed by atoms with Crippen LogP contribution >= 0.6 is 0 Å². The zero-order chi connectivity index (χ0) is 11.4. The normalized spacial score (nSPS) is 21.2. The maximum Gasteiger partial charge on any atom is 0.208 e. The van der Waals surface area contributed by atoms with E-state index in [1.165, 1.54) is 5.56 Å². The van der Waals surface area contributed by atoms with Gasteiger partial charge in [-0.3, -0.25) is 10.4 Å². The van der Waals surface area contributed by atoms with Gasteiger partial charge in [-0.05, 0) is 12.0 Å². The molecular weight excluding hydrogens is 200 g/mol. The molecule has 1 saturated heterocycles. The summed E-state index contributed by atoms with van der Waals surface area (Å²) in [5.41, 5.74) is 4.04. The van der Waals surface area contributed by atoms with Crippen LogP contribution in [0, 0.1) is 0 Å². The second kappa shape index (κ2) is 4.99. The van der Waals surface area contributed by atoms with Crippen molar-refractivity contribution < 1.29 is 0 Å². The number of guanidine groups is 1. The Bertz CT molecular complexity index is 361. The number of nitrogens with one attached hydrogen (secondary N) is 1. The maximum absolute atomic E-state index is 5.42. The van der Waals surface area contributed by atoms with Gasteiger partial charge in [-0.15, -0.1) is 0 Å². The molecule has 1 aromatic carbocycles. The number of rotatable bonds is 1. The van der Waals surface area contributed by atoms with E-state index >= 15 is 0 Å². The molecule has 86 valence electrons. The summed E-state index contributed by atoms with van der Waals surface area (Å²) in [7, 11) is 1.75. The largest absolute Gasteiger partial charge is 0.341 e. The summed E-state index contributed by atoms with van der Waals surface area (Å²) in [5.74, 6) is 6.79. The van der Waals surface area contributed by atoms with Crippen molar-refractivity contribution in [3.05, 3.63) is 35.9 Å². The highest BCUT2D eigenvalue weighted by atomic mass is 15.4. The quantitative estimate of drug-likeness (QED) is 0.319. The van der Waals surface area contributed by atoms with E-state index in [2.05, 4.69) is 45.6 Å². The van der Waals surface area contributed by atoms with Gasteiger partial charge < -0.3 is 4.90 Å². The number of hydrogen-bond acceptors (Lipinski definition) is 2. The van der Waals surface area contributed by atoms with Crippen molar-refractivity contribution in [2.24, 2.45) is 10.8 Å². The molecule has 1 aliphatic heterocycles. The third kappa shape index (κ3) is 2.17. The minimum atomic E-state index is 0.589. The van der Waals surface area contributed by atoms with Gasteiger partial charge in [0.15, 0.2) is 0 Å². The van der Waals surface area contributed by atoms with Crippen LogP contribution < -0.4 is 11.3 Å². The lowest BCUT2D eigenvalue weighted by Crippen LogP contribution is -2.43. The summed E-state index contributed by atoms with van der Waals surface area (Å²) in [4.78, 5) is 6.32. The highest BCUT2D eigenvalue weighted by Crippen LogP contribution is 2.26. The van der Waals surface area contributed by atoms with Gasteiger partial charge in [0.1, 0.15) is 0 Å². The van der Waals surface area contributed by atoms with E-state index in [0.29, 0.717) is 5.92 Å². The van der Waals surface area contributed by atoms with Gasteiger partial charge in [-0.25, -0.2) is 5.84 Å². The molecule has 0 spiro atoms. The van der Waals surface area contributed by atoms with Crippen LogP contribution in [0.4, 0.5) is 0 Å². The summed E-state index contributed by atoms with van der Waals surface area (Å²) in [5, 5.41) is 0. The fourth-order valence-electron chi connectivity index (χ4n) is 2.25. The molecule has 0 amide bonds. The SMILES string of the molecule is CN=C(NN)N1CCC(c2ccccc2)C1. The van der Waals surface area contributed by atoms with E-state index in [1.807, 2.05) is 0 Å². The van der Waals surface area contributed by atoms with Crippen molar-refractivity contribution in [3.8, 4) is 0 Å². The zero-order valence-corrected chi connectivity index (χ0v) is 9.56. The number of nitrogens with zero attached hydrogens (tertiary/aromatic N) is 2. The summed E-state index contributed by atoms with van der Waals surface area (Å²) in [6.45, 7) is 2.00. The van der Waals surface area contributed by atoms with Crippen molar-refractivity contribution in [2.75, 3.05) is 20.1 Å². The summed E-state index contributed by atoms with van der Waals surface area (Å²) >= 11 is 0. The molecule has 4 heteroatoms. The predicted molar refractivity (Wildman–Crippen MR) is 66.1 cm³/mol. The van der Waals surface area contributed by atoms with Crippen molar-refractivity contribution in [1.82, 2.24) is 10.3 Å².